The van der Waals surface area contributed by atoms with Gasteiger partial charge in [0, 0.05) is 17.5 Å². The summed E-state index contributed by atoms with van der Waals surface area (Å²) in [4.78, 5) is 7.30. The van der Waals surface area contributed by atoms with Gasteiger partial charge in [0.15, 0.2) is 0 Å². The van der Waals surface area contributed by atoms with Crippen LogP contribution < -0.4 is 0 Å². The van der Waals surface area contributed by atoms with E-state index in [4.69, 9.17) is 4.18 Å². The smallest absolute Gasteiger partial charge is 0.112 e. The van der Waals surface area contributed by atoms with Crippen LogP contribution in [-0.2, 0) is 17.0 Å². The Hall–Kier alpha value is -0.490. The van der Waals surface area contributed by atoms with Gasteiger partial charge in [-0.2, -0.15) is 0 Å². The maximum absolute atomic E-state index is 4.76. The third-order valence-corrected chi connectivity index (χ3v) is 6.56. The molecule has 0 unspecified atom stereocenters. The minimum atomic E-state index is 0.371. The molecule has 126 valence electrons. The van der Waals surface area contributed by atoms with Gasteiger partial charge < -0.3 is 4.18 Å². The van der Waals surface area contributed by atoms with Gasteiger partial charge in [-0.1, -0.05) is 38.3 Å². The van der Waals surface area contributed by atoms with Crippen molar-refractivity contribution in [2.45, 2.75) is 40.0 Å². The predicted octanol–water partition coefficient (Wildman–Crippen LogP) is 5.78. The number of thiol groups is 1. The lowest BCUT2D eigenvalue weighted by molar-refractivity contribution is 0.317. The topological polar surface area (TPSA) is 21.6 Å². The van der Waals surface area contributed by atoms with Crippen LogP contribution in [0.15, 0.2) is 23.1 Å². The van der Waals surface area contributed by atoms with Crippen LogP contribution in [0.4, 0.5) is 0 Å². The Labute approximate surface area is 153 Å². The summed E-state index contributed by atoms with van der Waals surface area (Å²) in [6, 6.07) is 0. The Kier molecular flexibility index (Phi) is 6.60. The van der Waals surface area contributed by atoms with Gasteiger partial charge in [-0.25, -0.2) is 0 Å². The number of rotatable bonds is 5. The van der Waals surface area contributed by atoms with Gasteiger partial charge in [-0.05, 0) is 61.1 Å². The molecule has 0 atom stereocenters. The summed E-state index contributed by atoms with van der Waals surface area (Å²) in [5, 5.41) is 3.07. The molecule has 0 fully saturated rings. The number of hydrogen-bond acceptors (Lipinski definition) is 5. The summed E-state index contributed by atoms with van der Waals surface area (Å²) in [7, 11) is 1.86. The van der Waals surface area contributed by atoms with E-state index in [1.165, 1.54) is 27.3 Å². The van der Waals surface area contributed by atoms with Gasteiger partial charge >= 0.3 is 0 Å². The second-order valence-electron chi connectivity index (χ2n) is 6.64. The minimum Gasteiger partial charge on any atom is -0.314 e. The molecule has 0 radical (unpaired) electrons. The van der Waals surface area contributed by atoms with E-state index in [-0.39, 0.29) is 0 Å². The van der Waals surface area contributed by atoms with Crippen LogP contribution in [0.1, 0.15) is 48.1 Å². The van der Waals surface area contributed by atoms with Crippen molar-refractivity contribution in [3.05, 3.63) is 38.9 Å². The van der Waals surface area contributed by atoms with Crippen molar-refractivity contribution in [1.82, 2.24) is 0 Å². The molecule has 23 heavy (non-hydrogen) atoms. The van der Waals surface area contributed by atoms with Gasteiger partial charge in [-0.15, -0.1) is 11.3 Å². The van der Waals surface area contributed by atoms with E-state index in [1.807, 2.05) is 29.9 Å². The normalized spacial score (nSPS) is 17.5. The third-order valence-electron chi connectivity index (χ3n) is 4.05. The summed E-state index contributed by atoms with van der Waals surface area (Å²) in [6.07, 6.45) is 5.49. The molecule has 0 amide bonds. The highest BCUT2D eigenvalue weighted by molar-refractivity contribution is 8.17. The quantitative estimate of drug-likeness (QED) is 0.308. The van der Waals surface area contributed by atoms with Crippen molar-refractivity contribution < 1.29 is 4.18 Å². The van der Waals surface area contributed by atoms with Crippen molar-refractivity contribution >= 4 is 46.6 Å². The zero-order chi connectivity index (χ0) is 17.0. The van der Waals surface area contributed by atoms with Crippen molar-refractivity contribution in [2.75, 3.05) is 13.7 Å². The Bertz CT molecular complexity index is 641. The fraction of sp³-hybridized carbons (Fsp3) is 0.500. The highest BCUT2D eigenvalue weighted by Crippen LogP contribution is 2.44. The Morgan fingerprint density at radius 2 is 2.26 bits per heavy atom. The monoisotopic (exact) mass is 367 g/mol. The molecule has 0 saturated heterocycles. The number of hydrogen-bond donors (Lipinski definition) is 1. The summed E-state index contributed by atoms with van der Waals surface area (Å²) in [5.41, 5.74) is 4.33. The Morgan fingerprint density at radius 3 is 2.87 bits per heavy atom. The molecule has 0 bridgehead atoms. The molecule has 0 saturated carbocycles. The molecule has 1 aromatic rings. The molecule has 5 heteroatoms. The van der Waals surface area contributed by atoms with Crippen molar-refractivity contribution in [1.29, 1.82) is 0 Å². The minimum absolute atomic E-state index is 0.371. The first-order valence-corrected chi connectivity index (χ1v) is 9.81. The van der Waals surface area contributed by atoms with Crippen LogP contribution in [0.3, 0.4) is 0 Å². The van der Waals surface area contributed by atoms with Crippen molar-refractivity contribution in [2.24, 2.45) is 10.4 Å². The average molecular weight is 368 g/mol. The fourth-order valence-electron chi connectivity index (χ4n) is 2.92. The molecule has 2 nitrogen and oxygen atoms in total. The summed E-state index contributed by atoms with van der Waals surface area (Å²) >= 11 is 7.28. The molecule has 1 aromatic heterocycles. The predicted molar refractivity (Wildman–Crippen MR) is 109 cm³/mol. The number of thiophene rings is 1. The molecule has 0 spiro atoms. The van der Waals surface area contributed by atoms with Gasteiger partial charge in [0.1, 0.15) is 5.04 Å². The highest BCUT2D eigenvalue weighted by Gasteiger charge is 2.31. The number of aliphatic imine (C=N–C) groups is 1. The van der Waals surface area contributed by atoms with Gasteiger partial charge in [0.05, 0.1) is 11.5 Å². The summed E-state index contributed by atoms with van der Waals surface area (Å²) in [6.45, 7) is 11.6. The van der Waals surface area contributed by atoms with Gasteiger partial charge in [0.25, 0.3) is 0 Å². The number of nitrogens with zero attached hydrogens (tertiary/aromatic N) is 1. The molecule has 1 aliphatic carbocycles. The first-order chi connectivity index (χ1) is 10.9. The number of allylic oxidation sites excluding steroid dienone is 1. The lowest BCUT2D eigenvalue weighted by atomic mass is 9.75. The van der Waals surface area contributed by atoms with Crippen LogP contribution in [0.5, 0.6) is 0 Å². The zero-order valence-electron chi connectivity index (χ0n) is 14.3. The van der Waals surface area contributed by atoms with E-state index in [1.54, 1.807) is 11.8 Å². The largest absolute Gasteiger partial charge is 0.314 e. The first-order valence-electron chi connectivity index (χ1n) is 7.75. The maximum Gasteiger partial charge on any atom is 0.112 e. The maximum atomic E-state index is 4.76. The summed E-state index contributed by atoms with van der Waals surface area (Å²) in [5.74, 6) is 0. The van der Waals surface area contributed by atoms with Crippen molar-refractivity contribution in [3.63, 3.8) is 0 Å². The van der Waals surface area contributed by atoms with Crippen molar-refractivity contribution in [3.8, 4) is 0 Å². The van der Waals surface area contributed by atoms with Crippen LogP contribution in [-0.4, -0.2) is 18.7 Å². The zero-order valence-corrected chi connectivity index (χ0v) is 16.8. The van der Waals surface area contributed by atoms with E-state index < -0.39 is 0 Å². The lowest BCUT2D eigenvalue weighted by Gasteiger charge is -2.30. The lowest BCUT2D eigenvalue weighted by Crippen LogP contribution is -2.21. The van der Waals surface area contributed by atoms with Crippen LogP contribution in [0.25, 0.3) is 5.57 Å². The third kappa shape index (κ3) is 4.53. The molecule has 0 aliphatic heterocycles. The standard InChI is InChI=1S/C18H25NOS3/c1-12(2)15-13-11-18(3,4)8-7-14(13)23-16(15)17(19-5)22-10-6-9-20-21/h6,10,21H,1,7-9,11H2,2-5H3/b10-6+,19-17-. The van der Waals surface area contributed by atoms with E-state index in [2.05, 4.69) is 45.3 Å². The average Bonchev–Trinajstić information content (AvgIpc) is 2.84. The SMILES string of the molecule is C=C(C)c1c(/C(=N/C)S/C=C/COS)sc2c1CC(C)(C)CC2. The second kappa shape index (κ2) is 8.06. The molecule has 1 heterocycles. The summed E-state index contributed by atoms with van der Waals surface area (Å²) < 4.78 is 4.76. The number of fused-ring (bicyclic) bond motifs is 1. The Morgan fingerprint density at radius 1 is 1.52 bits per heavy atom. The molecule has 2 rings (SSSR count). The van der Waals surface area contributed by atoms with E-state index in [0.717, 1.165) is 23.5 Å². The number of aryl methyl sites for hydroxylation is 1. The highest BCUT2D eigenvalue weighted by atomic mass is 32.2. The van der Waals surface area contributed by atoms with Gasteiger partial charge in [-0.3, -0.25) is 4.99 Å². The fourth-order valence-corrected chi connectivity index (χ4v) is 5.22. The van der Waals surface area contributed by atoms with E-state index >= 15 is 0 Å². The molecular formula is C18H25NOS3. The molecule has 1 aliphatic rings. The van der Waals surface area contributed by atoms with Crippen LogP contribution in [0.2, 0.25) is 0 Å². The van der Waals surface area contributed by atoms with E-state index in [9.17, 15) is 0 Å². The van der Waals surface area contributed by atoms with Crippen LogP contribution in [0, 0.1) is 5.41 Å². The first kappa shape index (κ1) is 18.8. The molecule has 0 N–H and O–H groups in total. The molecular weight excluding hydrogens is 342 g/mol. The van der Waals surface area contributed by atoms with Gasteiger partial charge in [0.2, 0.25) is 0 Å². The number of thioether (sulfide) groups is 1. The van der Waals surface area contributed by atoms with E-state index in [0.29, 0.717) is 12.0 Å². The molecule has 0 aromatic carbocycles. The van der Waals surface area contributed by atoms with Crippen LogP contribution >= 0.6 is 36.0 Å². The Balaban J connectivity index is 2.39. The second-order valence-corrected chi connectivity index (χ2v) is 8.90.